The molecule has 0 aliphatic rings. The van der Waals surface area contributed by atoms with E-state index < -0.39 is 21.7 Å². The van der Waals surface area contributed by atoms with Crippen LogP contribution in [0.1, 0.15) is 16.8 Å². The Morgan fingerprint density at radius 3 is 2.55 bits per heavy atom. The molecular weight excluding hydrogens is 309 g/mol. The van der Waals surface area contributed by atoms with Gasteiger partial charge < -0.3 is 9.88 Å². The molecule has 8 heteroatoms. The summed E-state index contributed by atoms with van der Waals surface area (Å²) in [6, 6.07) is 7.70. The summed E-state index contributed by atoms with van der Waals surface area (Å²) in [5.41, 5.74) is 0.514. The molecule has 0 aliphatic carbocycles. The summed E-state index contributed by atoms with van der Waals surface area (Å²) < 4.78 is 37.1. The number of primary sulfonamides is 1. The number of hydrogen-bond acceptors (Lipinski definition) is 3. The molecule has 22 heavy (non-hydrogen) atoms. The molecule has 2 aromatic rings. The highest BCUT2D eigenvalue weighted by Crippen LogP contribution is 2.15. The molecule has 0 aliphatic heterocycles. The third-order valence-corrected chi connectivity index (χ3v) is 3.84. The van der Waals surface area contributed by atoms with Crippen LogP contribution in [0.15, 0.2) is 42.7 Å². The lowest BCUT2D eigenvalue weighted by atomic mass is 10.2. The van der Waals surface area contributed by atoms with Gasteiger partial charge in [0.05, 0.1) is 11.4 Å². The fourth-order valence-electron chi connectivity index (χ4n) is 1.93. The number of carbonyl (C=O) groups excluding carboxylic acids is 1. The minimum absolute atomic E-state index is 0.149. The lowest BCUT2D eigenvalue weighted by Gasteiger charge is -2.08. The van der Waals surface area contributed by atoms with Crippen LogP contribution in [0.5, 0.6) is 0 Å². The molecule has 6 nitrogen and oxygen atoms in total. The van der Waals surface area contributed by atoms with Crippen molar-refractivity contribution in [2.45, 2.75) is 6.42 Å². The number of benzene rings is 1. The standard InChI is InChI=1S/C14H16FN3O3S/c15-12-10-11(4-5-13(12)18-7-1-2-8-18)14(19)17-6-3-9-22(16,20)21/h1-2,4-5,7-8,10H,3,6,9H2,(H,17,19)(H2,16,20,21). The van der Waals surface area contributed by atoms with Crippen molar-refractivity contribution in [2.75, 3.05) is 12.3 Å². The van der Waals surface area contributed by atoms with Crippen LogP contribution < -0.4 is 10.5 Å². The first-order valence-electron chi connectivity index (χ1n) is 6.58. The highest BCUT2D eigenvalue weighted by atomic mass is 32.2. The van der Waals surface area contributed by atoms with Gasteiger partial charge in [-0.25, -0.2) is 17.9 Å². The second-order valence-electron chi connectivity index (χ2n) is 4.73. The molecular formula is C14H16FN3O3S. The third-order valence-electron chi connectivity index (χ3n) is 2.98. The van der Waals surface area contributed by atoms with Crippen LogP contribution in [-0.4, -0.2) is 31.2 Å². The number of rotatable bonds is 6. The lowest BCUT2D eigenvalue weighted by molar-refractivity contribution is 0.0953. The number of amides is 1. The average Bonchev–Trinajstić information content (AvgIpc) is 2.96. The van der Waals surface area contributed by atoms with E-state index in [-0.39, 0.29) is 24.3 Å². The first kappa shape index (κ1) is 16.2. The van der Waals surface area contributed by atoms with Crippen LogP contribution in [0.3, 0.4) is 0 Å². The van der Waals surface area contributed by atoms with E-state index in [0.717, 1.165) is 6.07 Å². The van der Waals surface area contributed by atoms with Crippen molar-refractivity contribution in [1.82, 2.24) is 9.88 Å². The minimum Gasteiger partial charge on any atom is -0.352 e. The van der Waals surface area contributed by atoms with E-state index in [1.165, 1.54) is 12.1 Å². The third kappa shape index (κ3) is 4.40. The second-order valence-corrected chi connectivity index (χ2v) is 6.47. The molecule has 0 atom stereocenters. The molecule has 1 amide bonds. The van der Waals surface area contributed by atoms with Crippen molar-refractivity contribution in [2.24, 2.45) is 5.14 Å². The predicted octanol–water partition coefficient (Wildman–Crippen LogP) is 1.02. The van der Waals surface area contributed by atoms with Crippen LogP contribution in [0.25, 0.3) is 5.69 Å². The van der Waals surface area contributed by atoms with E-state index in [1.54, 1.807) is 29.1 Å². The van der Waals surface area contributed by atoms with Gasteiger partial charge in [0.15, 0.2) is 0 Å². The highest BCUT2D eigenvalue weighted by Gasteiger charge is 2.10. The molecule has 1 aromatic heterocycles. The zero-order chi connectivity index (χ0) is 16.2. The van der Waals surface area contributed by atoms with Gasteiger partial charge in [-0.05, 0) is 36.8 Å². The van der Waals surface area contributed by atoms with Crippen molar-refractivity contribution in [3.63, 3.8) is 0 Å². The summed E-state index contributed by atoms with van der Waals surface area (Å²) in [7, 11) is -3.54. The van der Waals surface area contributed by atoms with Gasteiger partial charge in [0, 0.05) is 24.5 Å². The summed E-state index contributed by atoms with van der Waals surface area (Å²) >= 11 is 0. The van der Waals surface area contributed by atoms with Gasteiger partial charge in [-0.15, -0.1) is 0 Å². The first-order valence-corrected chi connectivity index (χ1v) is 8.30. The quantitative estimate of drug-likeness (QED) is 0.777. The maximum absolute atomic E-state index is 14.0. The number of hydrogen-bond donors (Lipinski definition) is 2. The Kier molecular flexibility index (Phi) is 4.94. The Labute approximate surface area is 127 Å². The number of nitrogens with zero attached hydrogens (tertiary/aromatic N) is 1. The van der Waals surface area contributed by atoms with Gasteiger partial charge in [-0.3, -0.25) is 4.79 Å². The SMILES string of the molecule is NS(=O)(=O)CCCNC(=O)c1ccc(-n2cccc2)c(F)c1. The largest absolute Gasteiger partial charge is 0.352 e. The number of nitrogens with one attached hydrogen (secondary N) is 1. The average molecular weight is 325 g/mol. The summed E-state index contributed by atoms with van der Waals surface area (Å²) in [4.78, 5) is 11.9. The molecule has 1 aromatic carbocycles. The molecule has 0 saturated carbocycles. The first-order chi connectivity index (χ1) is 10.4. The molecule has 0 unspecified atom stereocenters. The van der Waals surface area contributed by atoms with E-state index in [2.05, 4.69) is 5.32 Å². The van der Waals surface area contributed by atoms with E-state index >= 15 is 0 Å². The van der Waals surface area contributed by atoms with E-state index in [4.69, 9.17) is 5.14 Å². The number of halogens is 1. The van der Waals surface area contributed by atoms with Gasteiger partial charge in [-0.1, -0.05) is 0 Å². The fraction of sp³-hybridized carbons (Fsp3) is 0.214. The Morgan fingerprint density at radius 2 is 1.95 bits per heavy atom. The molecule has 0 radical (unpaired) electrons. The van der Waals surface area contributed by atoms with Gasteiger partial charge >= 0.3 is 0 Å². The Bertz CT molecular complexity index is 758. The molecule has 0 saturated heterocycles. The fourth-order valence-corrected chi connectivity index (χ4v) is 2.48. The van der Waals surface area contributed by atoms with Crippen LogP contribution in [0, 0.1) is 5.82 Å². The molecule has 2 rings (SSSR count). The van der Waals surface area contributed by atoms with Gasteiger partial charge in [-0.2, -0.15) is 0 Å². The van der Waals surface area contributed by atoms with E-state index in [1.807, 2.05) is 0 Å². The smallest absolute Gasteiger partial charge is 0.251 e. The van der Waals surface area contributed by atoms with Crippen molar-refractivity contribution >= 4 is 15.9 Å². The topological polar surface area (TPSA) is 94.2 Å². The normalized spacial score (nSPS) is 11.4. The predicted molar refractivity (Wildman–Crippen MR) is 80.7 cm³/mol. The van der Waals surface area contributed by atoms with Crippen molar-refractivity contribution in [1.29, 1.82) is 0 Å². The molecule has 3 N–H and O–H groups in total. The van der Waals surface area contributed by atoms with Crippen LogP contribution in [-0.2, 0) is 10.0 Å². The Balaban J connectivity index is 1.98. The van der Waals surface area contributed by atoms with Gasteiger partial charge in [0.1, 0.15) is 5.82 Å². The van der Waals surface area contributed by atoms with E-state index in [0.29, 0.717) is 5.69 Å². The molecule has 0 fully saturated rings. The van der Waals surface area contributed by atoms with Crippen LogP contribution >= 0.6 is 0 Å². The van der Waals surface area contributed by atoms with Crippen molar-refractivity contribution in [3.8, 4) is 5.69 Å². The summed E-state index contributed by atoms with van der Waals surface area (Å²) in [5, 5.41) is 7.37. The van der Waals surface area contributed by atoms with Gasteiger partial charge in [0.2, 0.25) is 10.0 Å². The molecule has 0 spiro atoms. The maximum Gasteiger partial charge on any atom is 0.251 e. The lowest BCUT2D eigenvalue weighted by Crippen LogP contribution is -2.27. The molecule has 118 valence electrons. The van der Waals surface area contributed by atoms with Gasteiger partial charge in [0.25, 0.3) is 5.91 Å². The van der Waals surface area contributed by atoms with Crippen molar-refractivity contribution in [3.05, 3.63) is 54.1 Å². The monoisotopic (exact) mass is 325 g/mol. The zero-order valence-corrected chi connectivity index (χ0v) is 12.5. The molecule has 1 heterocycles. The Morgan fingerprint density at radius 1 is 1.27 bits per heavy atom. The van der Waals surface area contributed by atoms with Crippen LogP contribution in [0.4, 0.5) is 4.39 Å². The highest BCUT2D eigenvalue weighted by molar-refractivity contribution is 7.89. The number of carbonyl (C=O) groups is 1. The second kappa shape index (κ2) is 6.71. The van der Waals surface area contributed by atoms with E-state index in [9.17, 15) is 17.6 Å². The zero-order valence-electron chi connectivity index (χ0n) is 11.7. The number of nitrogens with two attached hydrogens (primary N) is 1. The summed E-state index contributed by atoms with van der Waals surface area (Å²) in [6.07, 6.45) is 3.60. The summed E-state index contributed by atoms with van der Waals surface area (Å²) in [5.74, 6) is -1.20. The minimum atomic E-state index is -3.54. The maximum atomic E-state index is 14.0. The summed E-state index contributed by atoms with van der Waals surface area (Å²) in [6.45, 7) is 0.149. The molecule has 0 bridgehead atoms. The number of aromatic nitrogens is 1. The van der Waals surface area contributed by atoms with Crippen molar-refractivity contribution < 1.29 is 17.6 Å². The number of sulfonamides is 1. The Hall–Kier alpha value is -2.19. The van der Waals surface area contributed by atoms with Crippen LogP contribution in [0.2, 0.25) is 0 Å².